The second kappa shape index (κ2) is 4.77. The first-order valence-electron chi connectivity index (χ1n) is 3.66. The molecule has 0 aromatic rings. The molecule has 0 aliphatic rings. The van der Waals surface area contributed by atoms with E-state index in [4.69, 9.17) is 10.5 Å². The molecule has 0 unspecified atom stereocenters. The van der Waals surface area contributed by atoms with Gasteiger partial charge in [0.1, 0.15) is 0 Å². The van der Waals surface area contributed by atoms with E-state index in [9.17, 15) is 0 Å². The number of allylic oxidation sites excluding steroid dienone is 1. The summed E-state index contributed by atoms with van der Waals surface area (Å²) < 4.78 is 5.10. The molecule has 3 heteroatoms. The van der Waals surface area contributed by atoms with Gasteiger partial charge < -0.3 is 10.5 Å². The van der Waals surface area contributed by atoms with Gasteiger partial charge in [-0.25, -0.2) is 0 Å². The molecule has 0 aliphatic heterocycles. The summed E-state index contributed by atoms with van der Waals surface area (Å²) in [6.45, 7) is 6.30. The van der Waals surface area contributed by atoms with Crippen molar-refractivity contribution >= 4 is 5.71 Å². The van der Waals surface area contributed by atoms with Gasteiger partial charge in [-0.15, -0.1) is 0 Å². The fraction of sp³-hybridized carbons (Fsp3) is 0.625. The maximum absolute atomic E-state index is 5.58. The third kappa shape index (κ3) is 3.07. The number of aliphatic imine (C=N–C) groups is 1. The summed E-state index contributed by atoms with van der Waals surface area (Å²) in [4.78, 5) is 3.99. The summed E-state index contributed by atoms with van der Waals surface area (Å²) in [7, 11) is 1.73. The van der Waals surface area contributed by atoms with Crippen molar-refractivity contribution in [3.05, 3.63) is 11.5 Å². The van der Waals surface area contributed by atoms with Gasteiger partial charge in [0, 0.05) is 18.3 Å². The average Bonchev–Trinajstić information content (AvgIpc) is 2.02. The van der Waals surface area contributed by atoms with Crippen LogP contribution in [0.25, 0.3) is 0 Å². The zero-order valence-electron chi connectivity index (χ0n) is 7.64. The first-order chi connectivity index (χ1) is 5.13. The summed E-state index contributed by atoms with van der Waals surface area (Å²) in [6, 6.07) is 0. The first kappa shape index (κ1) is 10.0. The number of hydrogen-bond donors (Lipinski definition) is 1. The molecule has 3 nitrogen and oxygen atoms in total. The smallest absolute Gasteiger partial charge is 0.188 e. The third-order valence-corrected chi connectivity index (χ3v) is 1.55. The van der Waals surface area contributed by atoms with Gasteiger partial charge in [0.15, 0.2) is 5.88 Å². The predicted octanol–water partition coefficient (Wildman–Crippen LogP) is 1.30. The lowest BCUT2D eigenvalue weighted by molar-refractivity contribution is 0.224. The maximum atomic E-state index is 5.58. The Morgan fingerprint density at radius 2 is 2.00 bits per heavy atom. The van der Waals surface area contributed by atoms with Crippen molar-refractivity contribution < 1.29 is 4.74 Å². The molecule has 0 atom stereocenters. The van der Waals surface area contributed by atoms with Crippen LogP contribution < -0.4 is 5.73 Å². The van der Waals surface area contributed by atoms with Crippen LogP contribution >= 0.6 is 0 Å². The first-order valence-corrected chi connectivity index (χ1v) is 3.66. The second-order valence-electron chi connectivity index (χ2n) is 2.23. The molecule has 0 saturated heterocycles. The molecular weight excluding hydrogens is 140 g/mol. The fourth-order valence-corrected chi connectivity index (χ4v) is 0.610. The molecule has 0 saturated carbocycles. The molecule has 0 spiro atoms. The Morgan fingerprint density at radius 1 is 1.45 bits per heavy atom. The van der Waals surface area contributed by atoms with Crippen LogP contribution in [0.5, 0.6) is 0 Å². The van der Waals surface area contributed by atoms with Gasteiger partial charge in [-0.2, -0.15) is 0 Å². The summed E-state index contributed by atoms with van der Waals surface area (Å²) in [6.07, 6.45) is 0. The van der Waals surface area contributed by atoms with Gasteiger partial charge in [0.25, 0.3) is 0 Å². The highest BCUT2D eigenvalue weighted by Gasteiger charge is 2.00. The quantitative estimate of drug-likeness (QED) is 0.494. The monoisotopic (exact) mass is 156 g/mol. The molecule has 0 rings (SSSR count). The highest BCUT2D eigenvalue weighted by Crippen LogP contribution is 2.01. The molecule has 0 radical (unpaired) electrons. The maximum Gasteiger partial charge on any atom is 0.188 e. The Labute approximate surface area is 68.0 Å². The highest BCUT2D eigenvalue weighted by atomic mass is 16.5. The molecule has 0 heterocycles. The van der Waals surface area contributed by atoms with Crippen LogP contribution in [0.4, 0.5) is 0 Å². The van der Waals surface area contributed by atoms with Crippen molar-refractivity contribution in [1.82, 2.24) is 0 Å². The van der Waals surface area contributed by atoms with Crippen LogP contribution in [0.15, 0.2) is 16.4 Å². The van der Waals surface area contributed by atoms with Gasteiger partial charge in [-0.3, -0.25) is 4.99 Å². The van der Waals surface area contributed by atoms with Crippen molar-refractivity contribution in [1.29, 1.82) is 0 Å². The van der Waals surface area contributed by atoms with E-state index in [1.54, 1.807) is 7.05 Å². The van der Waals surface area contributed by atoms with Crippen molar-refractivity contribution in [2.75, 3.05) is 13.7 Å². The lowest BCUT2D eigenvalue weighted by atomic mass is 10.2. The van der Waals surface area contributed by atoms with E-state index in [1.165, 1.54) is 0 Å². The van der Waals surface area contributed by atoms with Crippen molar-refractivity contribution in [3.8, 4) is 0 Å². The number of ether oxygens (including phenoxy) is 1. The molecule has 64 valence electrons. The third-order valence-electron chi connectivity index (χ3n) is 1.55. The fourth-order valence-electron chi connectivity index (χ4n) is 0.610. The van der Waals surface area contributed by atoms with Crippen LogP contribution in [0, 0.1) is 0 Å². The average molecular weight is 156 g/mol. The summed E-state index contributed by atoms with van der Waals surface area (Å²) in [5.41, 5.74) is 7.41. The lowest BCUT2D eigenvalue weighted by Crippen LogP contribution is -2.09. The molecule has 0 aliphatic carbocycles. The molecule has 0 aromatic heterocycles. The normalized spacial score (nSPS) is 14.4. The minimum absolute atomic E-state index is 0.468. The van der Waals surface area contributed by atoms with Crippen LogP contribution in [0.1, 0.15) is 20.8 Å². The van der Waals surface area contributed by atoms with Crippen LogP contribution in [-0.4, -0.2) is 19.4 Å². The molecule has 0 bridgehead atoms. The van der Waals surface area contributed by atoms with Gasteiger partial charge in [-0.05, 0) is 20.8 Å². The Balaban J connectivity index is 4.39. The summed E-state index contributed by atoms with van der Waals surface area (Å²) >= 11 is 0. The number of hydrogen-bond acceptors (Lipinski definition) is 3. The molecule has 0 fully saturated rings. The minimum atomic E-state index is 0.468. The second-order valence-corrected chi connectivity index (χ2v) is 2.23. The topological polar surface area (TPSA) is 47.6 Å². The van der Waals surface area contributed by atoms with E-state index >= 15 is 0 Å². The molecular formula is C8H16N2O. The minimum Gasteiger partial charge on any atom is -0.479 e. The van der Waals surface area contributed by atoms with Crippen molar-refractivity contribution in [3.63, 3.8) is 0 Å². The Bertz CT molecular complexity index is 183. The summed E-state index contributed by atoms with van der Waals surface area (Å²) in [5, 5.41) is 0. The van der Waals surface area contributed by atoms with E-state index < -0.39 is 0 Å². The number of nitrogens with two attached hydrogens (primary N) is 1. The standard InChI is InChI=1S/C8H16N2O/c1-5-11-8(9)6(2)7(3)10-4/h5,9H2,1-4H3/b8-6+,10-7?. The molecule has 11 heavy (non-hydrogen) atoms. The Hall–Kier alpha value is -0.990. The van der Waals surface area contributed by atoms with Crippen LogP contribution in [0.2, 0.25) is 0 Å². The largest absolute Gasteiger partial charge is 0.479 e. The summed E-state index contributed by atoms with van der Waals surface area (Å²) in [5.74, 6) is 0.468. The molecule has 2 N–H and O–H groups in total. The SMILES string of the molecule is CCO/C(N)=C(\C)C(C)=NC. The Kier molecular flexibility index (Phi) is 4.34. The van der Waals surface area contributed by atoms with E-state index in [2.05, 4.69) is 4.99 Å². The zero-order chi connectivity index (χ0) is 8.85. The van der Waals surface area contributed by atoms with Gasteiger partial charge >= 0.3 is 0 Å². The van der Waals surface area contributed by atoms with Gasteiger partial charge in [0.2, 0.25) is 0 Å². The number of rotatable bonds is 3. The van der Waals surface area contributed by atoms with E-state index in [0.29, 0.717) is 12.5 Å². The van der Waals surface area contributed by atoms with Crippen LogP contribution in [0.3, 0.4) is 0 Å². The molecule has 0 aromatic carbocycles. The van der Waals surface area contributed by atoms with Crippen molar-refractivity contribution in [2.45, 2.75) is 20.8 Å². The van der Waals surface area contributed by atoms with Crippen LogP contribution in [-0.2, 0) is 4.74 Å². The zero-order valence-corrected chi connectivity index (χ0v) is 7.64. The molecule has 0 amide bonds. The van der Waals surface area contributed by atoms with Gasteiger partial charge in [0.05, 0.1) is 6.61 Å². The van der Waals surface area contributed by atoms with E-state index in [1.807, 2.05) is 20.8 Å². The Morgan fingerprint density at radius 3 is 2.36 bits per heavy atom. The predicted molar refractivity (Wildman–Crippen MR) is 47.5 cm³/mol. The highest BCUT2D eigenvalue weighted by molar-refractivity contribution is 5.97. The number of nitrogens with zero attached hydrogens (tertiary/aromatic N) is 1. The van der Waals surface area contributed by atoms with E-state index in [-0.39, 0.29) is 0 Å². The van der Waals surface area contributed by atoms with Gasteiger partial charge in [-0.1, -0.05) is 0 Å². The van der Waals surface area contributed by atoms with E-state index in [0.717, 1.165) is 11.3 Å². The lowest BCUT2D eigenvalue weighted by Gasteiger charge is -2.06. The van der Waals surface area contributed by atoms with Crippen molar-refractivity contribution in [2.24, 2.45) is 10.7 Å².